The first-order valence-electron chi connectivity index (χ1n) is 5.25. The number of likely N-dealkylation sites (tertiary alicyclic amines) is 1. The van der Waals surface area contributed by atoms with Gasteiger partial charge in [-0.2, -0.15) is 0 Å². The van der Waals surface area contributed by atoms with E-state index in [0.717, 1.165) is 18.0 Å². The van der Waals surface area contributed by atoms with Crippen LogP contribution in [0.3, 0.4) is 0 Å². The van der Waals surface area contributed by atoms with E-state index in [1.807, 2.05) is 0 Å². The second-order valence-electron chi connectivity index (χ2n) is 4.51. The van der Waals surface area contributed by atoms with Crippen LogP contribution in [0.25, 0.3) is 0 Å². The molecule has 2 atom stereocenters. The van der Waals surface area contributed by atoms with Crippen LogP contribution in [0.2, 0.25) is 0 Å². The second-order valence-corrected chi connectivity index (χ2v) is 4.51. The van der Waals surface area contributed by atoms with E-state index in [9.17, 15) is 0 Å². The summed E-state index contributed by atoms with van der Waals surface area (Å²) < 4.78 is 0. The Kier molecular flexibility index (Phi) is 2.37. The van der Waals surface area contributed by atoms with E-state index in [-0.39, 0.29) is 0 Å². The van der Waals surface area contributed by atoms with Gasteiger partial charge in [0.2, 0.25) is 0 Å². The summed E-state index contributed by atoms with van der Waals surface area (Å²) in [6.45, 7) is 8.46. The fourth-order valence-corrected chi connectivity index (χ4v) is 2.50. The molecule has 0 bridgehead atoms. The highest BCUT2D eigenvalue weighted by atomic mass is 15.2. The van der Waals surface area contributed by atoms with Gasteiger partial charge in [-0.3, -0.25) is 4.90 Å². The minimum Gasteiger partial charge on any atom is -0.312 e. The Bertz CT molecular complexity index is 142. The average molecular weight is 168 g/mol. The van der Waals surface area contributed by atoms with Crippen molar-refractivity contribution in [3.05, 3.63) is 0 Å². The van der Waals surface area contributed by atoms with Crippen LogP contribution >= 0.6 is 0 Å². The second kappa shape index (κ2) is 3.35. The highest BCUT2D eigenvalue weighted by molar-refractivity contribution is 4.92. The number of nitrogens with one attached hydrogen (secondary N) is 1. The lowest BCUT2D eigenvalue weighted by atomic mass is 9.94. The molecule has 0 aromatic heterocycles. The number of rotatable bonds is 1. The first kappa shape index (κ1) is 8.52. The summed E-state index contributed by atoms with van der Waals surface area (Å²) in [6.07, 6.45) is 2.83. The molecule has 2 heterocycles. The molecule has 0 aromatic rings. The third-order valence-electron chi connectivity index (χ3n) is 3.36. The van der Waals surface area contributed by atoms with E-state index in [4.69, 9.17) is 0 Å². The van der Waals surface area contributed by atoms with E-state index in [0.29, 0.717) is 0 Å². The molecule has 2 rings (SSSR count). The van der Waals surface area contributed by atoms with Gasteiger partial charge in [-0.1, -0.05) is 0 Å². The van der Waals surface area contributed by atoms with Gasteiger partial charge < -0.3 is 5.32 Å². The molecule has 2 aliphatic rings. The zero-order valence-corrected chi connectivity index (χ0v) is 8.21. The Balaban J connectivity index is 1.94. The Hall–Kier alpha value is -0.0800. The average Bonchev–Trinajstić information content (AvgIpc) is 2.46. The van der Waals surface area contributed by atoms with Crippen molar-refractivity contribution in [3.63, 3.8) is 0 Å². The van der Waals surface area contributed by atoms with Gasteiger partial charge >= 0.3 is 0 Å². The molecule has 1 N–H and O–H groups in total. The highest BCUT2D eigenvalue weighted by Crippen LogP contribution is 2.25. The maximum absolute atomic E-state index is 3.62. The molecule has 2 aliphatic heterocycles. The lowest BCUT2D eigenvalue weighted by Crippen LogP contribution is -2.41. The number of piperidine rings is 1. The summed E-state index contributed by atoms with van der Waals surface area (Å²) in [4.78, 5) is 2.60. The third-order valence-corrected chi connectivity index (χ3v) is 3.36. The van der Waals surface area contributed by atoms with E-state index >= 15 is 0 Å². The Morgan fingerprint density at radius 3 is 2.83 bits per heavy atom. The molecule has 2 saturated heterocycles. The van der Waals surface area contributed by atoms with Crippen molar-refractivity contribution >= 4 is 0 Å². The van der Waals surface area contributed by atoms with Crippen LogP contribution in [0.4, 0.5) is 0 Å². The predicted molar refractivity (Wildman–Crippen MR) is 51.2 cm³/mol. The van der Waals surface area contributed by atoms with E-state index in [1.165, 1.54) is 32.5 Å². The number of fused-ring (bicyclic) bond motifs is 1. The lowest BCUT2D eigenvalue weighted by Gasteiger charge is -2.24. The molecule has 2 fully saturated rings. The molecule has 0 saturated carbocycles. The van der Waals surface area contributed by atoms with Crippen LogP contribution < -0.4 is 5.32 Å². The molecule has 2 unspecified atom stereocenters. The van der Waals surface area contributed by atoms with E-state index in [2.05, 4.69) is 24.1 Å². The van der Waals surface area contributed by atoms with Crippen molar-refractivity contribution in [3.8, 4) is 0 Å². The number of hydrogen-bond acceptors (Lipinski definition) is 2. The minimum atomic E-state index is 0.734. The standard InChI is InChI=1S/C10H20N2/c1-8(2)12-6-9-4-3-5-11-10(9)7-12/h8-11H,3-7H2,1-2H3. The van der Waals surface area contributed by atoms with Crippen molar-refractivity contribution in [2.75, 3.05) is 19.6 Å². The van der Waals surface area contributed by atoms with Gasteiger partial charge in [0, 0.05) is 25.2 Å². The molecule has 0 amide bonds. The van der Waals surface area contributed by atoms with Gasteiger partial charge in [-0.15, -0.1) is 0 Å². The van der Waals surface area contributed by atoms with Crippen LogP contribution in [0.15, 0.2) is 0 Å². The molecular formula is C10H20N2. The van der Waals surface area contributed by atoms with Crippen LogP contribution in [0, 0.1) is 5.92 Å². The number of nitrogens with zero attached hydrogens (tertiary/aromatic N) is 1. The van der Waals surface area contributed by atoms with Gasteiger partial charge in [0.25, 0.3) is 0 Å². The normalized spacial score (nSPS) is 37.2. The Labute approximate surface area is 75.3 Å². The van der Waals surface area contributed by atoms with Crippen molar-refractivity contribution in [1.82, 2.24) is 10.2 Å². The molecule has 2 nitrogen and oxygen atoms in total. The first-order chi connectivity index (χ1) is 5.77. The Morgan fingerprint density at radius 1 is 1.33 bits per heavy atom. The van der Waals surface area contributed by atoms with Crippen LogP contribution in [-0.2, 0) is 0 Å². The van der Waals surface area contributed by atoms with Gasteiger partial charge in [0.05, 0.1) is 0 Å². The van der Waals surface area contributed by atoms with Crippen molar-refractivity contribution in [2.24, 2.45) is 5.92 Å². The predicted octanol–water partition coefficient (Wildman–Crippen LogP) is 1.08. The minimum absolute atomic E-state index is 0.734. The van der Waals surface area contributed by atoms with Crippen molar-refractivity contribution in [1.29, 1.82) is 0 Å². The molecular weight excluding hydrogens is 148 g/mol. The van der Waals surface area contributed by atoms with E-state index in [1.54, 1.807) is 0 Å². The Morgan fingerprint density at radius 2 is 2.17 bits per heavy atom. The molecule has 0 spiro atoms. The number of hydrogen-bond donors (Lipinski definition) is 1. The first-order valence-corrected chi connectivity index (χ1v) is 5.25. The summed E-state index contributed by atoms with van der Waals surface area (Å²) in [5.41, 5.74) is 0. The van der Waals surface area contributed by atoms with Crippen molar-refractivity contribution in [2.45, 2.75) is 38.8 Å². The smallest absolute Gasteiger partial charge is 0.0235 e. The molecule has 70 valence electrons. The SMILES string of the molecule is CC(C)N1CC2CCCNC2C1. The fourth-order valence-electron chi connectivity index (χ4n) is 2.50. The van der Waals surface area contributed by atoms with Gasteiger partial charge in [-0.25, -0.2) is 0 Å². The monoisotopic (exact) mass is 168 g/mol. The maximum Gasteiger partial charge on any atom is 0.0235 e. The summed E-state index contributed by atoms with van der Waals surface area (Å²) in [5.74, 6) is 0.946. The molecule has 0 aromatic carbocycles. The molecule has 12 heavy (non-hydrogen) atoms. The maximum atomic E-state index is 3.62. The summed E-state index contributed by atoms with van der Waals surface area (Å²) >= 11 is 0. The van der Waals surface area contributed by atoms with Gasteiger partial charge in [0.15, 0.2) is 0 Å². The highest BCUT2D eigenvalue weighted by Gasteiger charge is 2.34. The van der Waals surface area contributed by atoms with Crippen LogP contribution in [-0.4, -0.2) is 36.6 Å². The van der Waals surface area contributed by atoms with Crippen LogP contribution in [0.5, 0.6) is 0 Å². The summed E-state index contributed by atoms with van der Waals surface area (Å²) in [7, 11) is 0. The molecule has 2 heteroatoms. The topological polar surface area (TPSA) is 15.3 Å². The lowest BCUT2D eigenvalue weighted by molar-refractivity contribution is 0.263. The van der Waals surface area contributed by atoms with E-state index < -0.39 is 0 Å². The quantitative estimate of drug-likeness (QED) is 0.630. The fraction of sp³-hybridized carbons (Fsp3) is 1.00. The third kappa shape index (κ3) is 1.50. The molecule has 0 radical (unpaired) electrons. The van der Waals surface area contributed by atoms with Crippen molar-refractivity contribution < 1.29 is 0 Å². The van der Waals surface area contributed by atoms with Gasteiger partial charge in [-0.05, 0) is 39.2 Å². The zero-order valence-electron chi connectivity index (χ0n) is 8.21. The molecule has 0 aliphatic carbocycles. The van der Waals surface area contributed by atoms with Gasteiger partial charge in [0.1, 0.15) is 0 Å². The zero-order chi connectivity index (χ0) is 8.55. The summed E-state index contributed by atoms with van der Waals surface area (Å²) in [5, 5.41) is 3.62. The van der Waals surface area contributed by atoms with Crippen LogP contribution in [0.1, 0.15) is 26.7 Å². The largest absolute Gasteiger partial charge is 0.312 e. The summed E-state index contributed by atoms with van der Waals surface area (Å²) in [6, 6.07) is 1.54.